The minimum absolute atomic E-state index is 0.216. The molecule has 29 heavy (non-hydrogen) atoms. The molecular formula is C22H17N3O3S. The Hall–Kier alpha value is -3.71. The van der Waals surface area contributed by atoms with Gasteiger partial charge in [0.15, 0.2) is 0 Å². The Labute approximate surface area is 171 Å². The molecule has 2 aromatic heterocycles. The number of carbonyl (C=O) groups is 1. The second-order valence-electron chi connectivity index (χ2n) is 6.06. The molecule has 2 heterocycles. The molecule has 0 aliphatic rings. The molecule has 0 spiro atoms. The highest BCUT2D eigenvalue weighted by atomic mass is 32.1. The third kappa shape index (κ3) is 5.18. The molecule has 0 atom stereocenters. The van der Waals surface area contributed by atoms with Crippen molar-refractivity contribution in [2.75, 3.05) is 5.32 Å². The second-order valence-corrected chi connectivity index (χ2v) is 6.78. The summed E-state index contributed by atoms with van der Waals surface area (Å²) < 4.78 is 11.4. The Morgan fingerprint density at radius 1 is 0.966 bits per heavy atom. The van der Waals surface area contributed by atoms with Crippen LogP contribution >= 0.6 is 11.3 Å². The number of hydrogen-bond acceptors (Lipinski definition) is 6. The normalized spacial score (nSPS) is 10.3. The number of aromatic nitrogens is 2. The van der Waals surface area contributed by atoms with Gasteiger partial charge in [0.25, 0.3) is 5.91 Å². The number of nitrogens with zero attached hydrogens (tertiary/aromatic N) is 2. The van der Waals surface area contributed by atoms with Crippen molar-refractivity contribution in [2.24, 2.45) is 0 Å². The van der Waals surface area contributed by atoms with Crippen LogP contribution in [0, 0.1) is 0 Å². The third-order valence-corrected chi connectivity index (χ3v) is 4.60. The summed E-state index contributed by atoms with van der Waals surface area (Å²) >= 11 is 1.52. The molecule has 0 saturated carbocycles. The van der Waals surface area contributed by atoms with Crippen LogP contribution in [0.3, 0.4) is 0 Å². The van der Waals surface area contributed by atoms with Crippen LogP contribution in [0.1, 0.15) is 16.1 Å². The zero-order chi connectivity index (χ0) is 19.9. The van der Waals surface area contributed by atoms with E-state index < -0.39 is 0 Å². The van der Waals surface area contributed by atoms with E-state index in [-0.39, 0.29) is 5.91 Å². The largest absolute Gasteiger partial charge is 0.487 e. The molecule has 144 valence electrons. The Morgan fingerprint density at radius 3 is 2.52 bits per heavy atom. The number of rotatable bonds is 7. The first-order chi connectivity index (χ1) is 14.3. The van der Waals surface area contributed by atoms with Crippen LogP contribution in [0.25, 0.3) is 0 Å². The second kappa shape index (κ2) is 8.99. The summed E-state index contributed by atoms with van der Waals surface area (Å²) in [4.78, 5) is 20.7. The summed E-state index contributed by atoms with van der Waals surface area (Å²) in [5, 5.41) is 4.80. The lowest BCUT2D eigenvalue weighted by molar-refractivity contribution is 0.102. The zero-order valence-electron chi connectivity index (χ0n) is 15.3. The molecule has 0 radical (unpaired) electrons. The van der Waals surface area contributed by atoms with Crippen LogP contribution in [0.15, 0.2) is 83.9 Å². The lowest BCUT2D eigenvalue weighted by Crippen LogP contribution is -2.11. The van der Waals surface area contributed by atoms with Crippen molar-refractivity contribution in [1.29, 1.82) is 0 Å². The zero-order valence-corrected chi connectivity index (χ0v) is 16.1. The number of ether oxygens (including phenoxy) is 2. The molecule has 4 aromatic rings. The molecule has 0 aliphatic carbocycles. The summed E-state index contributed by atoms with van der Waals surface area (Å²) in [6.45, 7) is 0.369. The first-order valence-corrected chi connectivity index (χ1v) is 9.80. The topological polar surface area (TPSA) is 73.3 Å². The average molecular weight is 403 g/mol. The highest BCUT2D eigenvalue weighted by Gasteiger charge is 2.08. The van der Waals surface area contributed by atoms with E-state index in [0.29, 0.717) is 35.1 Å². The van der Waals surface area contributed by atoms with Gasteiger partial charge in [0, 0.05) is 29.0 Å². The van der Waals surface area contributed by atoms with Crippen LogP contribution in [0.2, 0.25) is 0 Å². The van der Waals surface area contributed by atoms with Crippen molar-refractivity contribution in [3.8, 4) is 17.2 Å². The molecule has 0 unspecified atom stereocenters. The lowest BCUT2D eigenvalue weighted by atomic mass is 10.2. The van der Waals surface area contributed by atoms with Gasteiger partial charge in [-0.1, -0.05) is 6.07 Å². The SMILES string of the molecule is O=C(Nc1ccc(Oc2ccncc2)cc1)c1cccc(OCc2cscn2)c1. The maximum Gasteiger partial charge on any atom is 0.255 e. The highest BCUT2D eigenvalue weighted by molar-refractivity contribution is 7.07. The summed E-state index contributed by atoms with van der Waals surface area (Å²) in [6.07, 6.45) is 3.33. The van der Waals surface area contributed by atoms with Crippen molar-refractivity contribution in [2.45, 2.75) is 6.61 Å². The Kier molecular flexibility index (Phi) is 5.78. The molecule has 1 N–H and O–H groups in total. The van der Waals surface area contributed by atoms with E-state index in [4.69, 9.17) is 9.47 Å². The maximum atomic E-state index is 12.6. The highest BCUT2D eigenvalue weighted by Crippen LogP contribution is 2.23. The van der Waals surface area contributed by atoms with Gasteiger partial charge in [0.2, 0.25) is 0 Å². The van der Waals surface area contributed by atoms with Crippen molar-refractivity contribution < 1.29 is 14.3 Å². The van der Waals surface area contributed by atoms with Gasteiger partial charge in [0.05, 0.1) is 11.2 Å². The summed E-state index contributed by atoms with van der Waals surface area (Å²) in [5.74, 6) is 1.77. The Morgan fingerprint density at radius 2 is 1.76 bits per heavy atom. The maximum absolute atomic E-state index is 12.6. The van der Waals surface area contributed by atoms with E-state index in [1.165, 1.54) is 11.3 Å². The van der Waals surface area contributed by atoms with Gasteiger partial charge >= 0.3 is 0 Å². The van der Waals surface area contributed by atoms with Gasteiger partial charge in [-0.25, -0.2) is 4.98 Å². The Bertz CT molecular complexity index is 1070. The minimum atomic E-state index is -0.216. The number of thiazole rings is 1. The van der Waals surface area contributed by atoms with Gasteiger partial charge in [-0.15, -0.1) is 11.3 Å². The first kappa shape index (κ1) is 18.6. The summed E-state index contributed by atoms with van der Waals surface area (Å²) in [7, 11) is 0. The van der Waals surface area contributed by atoms with Gasteiger partial charge < -0.3 is 14.8 Å². The predicted molar refractivity (Wildman–Crippen MR) is 112 cm³/mol. The standard InChI is InChI=1S/C22H17N3O3S/c26-22(16-2-1-3-21(12-16)27-13-18-14-29-15-24-18)25-17-4-6-19(7-5-17)28-20-8-10-23-11-9-20/h1-12,14-15H,13H2,(H,25,26). The van der Waals surface area contributed by atoms with Crippen LogP contribution in [-0.2, 0) is 6.61 Å². The monoisotopic (exact) mass is 403 g/mol. The van der Waals surface area contributed by atoms with E-state index >= 15 is 0 Å². The fourth-order valence-electron chi connectivity index (χ4n) is 2.55. The number of hydrogen-bond donors (Lipinski definition) is 1. The molecule has 0 bridgehead atoms. The number of nitrogens with one attached hydrogen (secondary N) is 1. The van der Waals surface area contributed by atoms with Crippen molar-refractivity contribution in [3.63, 3.8) is 0 Å². The van der Waals surface area contributed by atoms with Gasteiger partial charge in [-0.2, -0.15) is 0 Å². The van der Waals surface area contributed by atoms with E-state index in [1.54, 1.807) is 72.5 Å². The molecule has 0 saturated heterocycles. The predicted octanol–water partition coefficient (Wildman–Crippen LogP) is 5.16. The van der Waals surface area contributed by atoms with Crippen molar-refractivity contribution in [1.82, 2.24) is 9.97 Å². The van der Waals surface area contributed by atoms with Crippen molar-refractivity contribution in [3.05, 3.63) is 95.2 Å². The Balaban J connectivity index is 1.36. The van der Waals surface area contributed by atoms with E-state index in [1.807, 2.05) is 11.4 Å². The molecule has 7 heteroatoms. The molecule has 4 rings (SSSR count). The smallest absolute Gasteiger partial charge is 0.255 e. The minimum Gasteiger partial charge on any atom is -0.487 e. The summed E-state index contributed by atoms with van der Waals surface area (Å²) in [6, 6.07) is 17.8. The average Bonchev–Trinajstić information content (AvgIpc) is 3.28. The molecule has 1 amide bonds. The third-order valence-electron chi connectivity index (χ3n) is 3.96. The molecule has 2 aromatic carbocycles. The molecular weight excluding hydrogens is 386 g/mol. The van der Waals surface area contributed by atoms with E-state index in [0.717, 1.165) is 5.69 Å². The van der Waals surface area contributed by atoms with Crippen LogP contribution in [0.4, 0.5) is 5.69 Å². The van der Waals surface area contributed by atoms with Crippen LogP contribution < -0.4 is 14.8 Å². The first-order valence-electron chi connectivity index (χ1n) is 8.85. The van der Waals surface area contributed by atoms with Crippen LogP contribution in [0.5, 0.6) is 17.2 Å². The molecule has 0 fully saturated rings. The van der Waals surface area contributed by atoms with Gasteiger partial charge in [-0.05, 0) is 54.6 Å². The number of amides is 1. The van der Waals surface area contributed by atoms with E-state index in [2.05, 4.69) is 15.3 Å². The lowest BCUT2D eigenvalue weighted by Gasteiger charge is -2.09. The number of anilines is 1. The fraction of sp³-hybridized carbons (Fsp3) is 0.0455. The van der Waals surface area contributed by atoms with E-state index in [9.17, 15) is 4.79 Å². The number of pyridine rings is 1. The molecule has 6 nitrogen and oxygen atoms in total. The number of benzene rings is 2. The quantitative estimate of drug-likeness (QED) is 0.461. The fourth-order valence-corrected chi connectivity index (χ4v) is 3.09. The van der Waals surface area contributed by atoms with Crippen molar-refractivity contribution >= 4 is 22.9 Å². The summed E-state index contributed by atoms with van der Waals surface area (Å²) in [5.41, 5.74) is 3.80. The number of carbonyl (C=O) groups excluding carboxylic acids is 1. The van der Waals surface area contributed by atoms with Crippen LogP contribution in [-0.4, -0.2) is 15.9 Å². The molecule has 0 aliphatic heterocycles. The van der Waals surface area contributed by atoms with Gasteiger partial charge in [0.1, 0.15) is 23.9 Å². The van der Waals surface area contributed by atoms with Gasteiger partial charge in [-0.3, -0.25) is 9.78 Å².